The van der Waals surface area contributed by atoms with Crippen molar-refractivity contribution < 1.29 is 9.90 Å². The summed E-state index contributed by atoms with van der Waals surface area (Å²) >= 11 is 4.04. The van der Waals surface area contributed by atoms with Gasteiger partial charge in [-0.15, -0.1) is 0 Å². The second-order valence-corrected chi connectivity index (χ2v) is 14.1. The summed E-state index contributed by atoms with van der Waals surface area (Å²) in [6.07, 6.45) is 23.1. The van der Waals surface area contributed by atoms with Crippen LogP contribution in [-0.2, 0) is 4.79 Å². The Morgan fingerprint density at radius 1 is 0.700 bits per heavy atom. The second kappa shape index (κ2) is 27.7. The predicted molar refractivity (Wildman–Crippen MR) is 140 cm³/mol. The van der Waals surface area contributed by atoms with E-state index in [1.54, 1.807) is 21.7 Å². The van der Waals surface area contributed by atoms with E-state index in [0.29, 0.717) is 6.42 Å². The van der Waals surface area contributed by atoms with Gasteiger partial charge in [0.05, 0.1) is 5.25 Å². The molecule has 0 bridgehead atoms. The van der Waals surface area contributed by atoms with Gasteiger partial charge < -0.3 is 5.11 Å². The van der Waals surface area contributed by atoms with E-state index in [0.717, 1.165) is 18.8 Å². The summed E-state index contributed by atoms with van der Waals surface area (Å²) in [4.78, 5) is 10.4. The Bertz CT molecular complexity index is 323. The number of unbranched alkanes of at least 4 members (excludes halogenated alkanes) is 12. The molecule has 0 aromatic rings. The first-order chi connectivity index (χ1) is 14.5. The van der Waals surface area contributed by atoms with Gasteiger partial charge in [-0.05, 0) is 12.3 Å². The van der Waals surface area contributed by atoms with Crippen LogP contribution < -0.4 is 0 Å². The summed E-state index contributed by atoms with van der Waals surface area (Å²) in [5.74, 6) is -0.0431. The average Bonchev–Trinajstić information content (AvgIpc) is 2.71. The van der Waals surface area contributed by atoms with Crippen LogP contribution in [0.2, 0.25) is 8.87 Å². The molecule has 0 saturated carbocycles. The zero-order valence-corrected chi connectivity index (χ0v) is 24.6. The van der Waals surface area contributed by atoms with Crippen molar-refractivity contribution in [3.63, 3.8) is 0 Å². The minimum absolute atomic E-state index is 0.0736. The van der Waals surface area contributed by atoms with Crippen LogP contribution in [0.25, 0.3) is 0 Å². The van der Waals surface area contributed by atoms with E-state index in [1.807, 2.05) is 0 Å². The molecule has 0 amide bonds. The number of carbonyl (C=O) groups is 1. The van der Waals surface area contributed by atoms with E-state index in [1.165, 1.54) is 77.0 Å². The van der Waals surface area contributed by atoms with Crippen LogP contribution in [0.3, 0.4) is 0 Å². The molecule has 0 rings (SSSR count). The van der Waals surface area contributed by atoms with Gasteiger partial charge in [0.15, 0.2) is 0 Å². The van der Waals surface area contributed by atoms with Crippen LogP contribution in [-0.4, -0.2) is 37.5 Å². The van der Waals surface area contributed by atoms with Crippen molar-refractivity contribution in [3.8, 4) is 0 Å². The Balaban J connectivity index is 0. The predicted octanol–water partition coefficient (Wildman–Crippen LogP) is 9.22. The third-order valence-electron chi connectivity index (χ3n) is 5.46. The fourth-order valence-electron chi connectivity index (χ4n) is 3.38. The zero-order chi connectivity index (χ0) is 22.9. The van der Waals surface area contributed by atoms with Crippen molar-refractivity contribution in [2.75, 3.05) is 0 Å². The topological polar surface area (TPSA) is 37.3 Å². The van der Waals surface area contributed by atoms with Gasteiger partial charge in [0, 0.05) is 0 Å². The molecule has 0 aliphatic heterocycles. The quantitative estimate of drug-likeness (QED) is 0.0851. The first kappa shape index (κ1) is 32.8. The molecule has 0 heterocycles. The third kappa shape index (κ3) is 30.8. The first-order valence-electron chi connectivity index (χ1n) is 13.1. The minimum atomic E-state index is -0.799. The molecule has 0 spiro atoms. The number of rotatable bonds is 21. The molecule has 1 N–H and O–H groups in total. The van der Waals surface area contributed by atoms with Gasteiger partial charge in [-0.2, -0.15) is 12.6 Å². The Morgan fingerprint density at radius 3 is 1.53 bits per heavy atom. The van der Waals surface area contributed by atoms with Crippen molar-refractivity contribution in [1.82, 2.24) is 0 Å². The van der Waals surface area contributed by atoms with Crippen LogP contribution in [0.1, 0.15) is 137 Å². The van der Waals surface area contributed by atoms with E-state index >= 15 is 0 Å². The molecule has 0 aromatic carbocycles. The van der Waals surface area contributed by atoms with Crippen LogP contribution in [0.4, 0.5) is 0 Å². The van der Waals surface area contributed by atoms with Crippen LogP contribution >= 0.6 is 12.6 Å². The van der Waals surface area contributed by atoms with Crippen LogP contribution in [0, 0.1) is 5.92 Å². The van der Waals surface area contributed by atoms with Crippen molar-refractivity contribution in [2.45, 2.75) is 151 Å². The number of carboxylic acids is 1. The molecule has 0 fully saturated rings. The standard InChI is InChI=1S/C10H20O2S.2C8H17.Sn/c1-8(2)6-4-3-5-7-9(13)10(11)12;2*1-3-5-7-8-6-4-2;/h8-9,13H,3-7H2,1-2H3,(H,11,12);2*1,3-8H2,2H3;. The molecule has 1 atom stereocenters. The molecule has 0 aliphatic carbocycles. The van der Waals surface area contributed by atoms with Crippen molar-refractivity contribution >= 4 is 39.7 Å². The molecule has 30 heavy (non-hydrogen) atoms. The Hall–Kier alpha value is 0.619. The van der Waals surface area contributed by atoms with Crippen molar-refractivity contribution in [2.24, 2.45) is 5.92 Å². The fourth-order valence-corrected chi connectivity index (χ4v) is 7.13. The van der Waals surface area contributed by atoms with Crippen LogP contribution in [0.5, 0.6) is 0 Å². The van der Waals surface area contributed by atoms with Crippen molar-refractivity contribution in [3.05, 3.63) is 0 Å². The number of carboxylic acid groups (broad SMARTS) is 1. The zero-order valence-electron chi connectivity index (χ0n) is 20.9. The summed E-state index contributed by atoms with van der Waals surface area (Å²) in [6, 6.07) is 0. The number of aliphatic carboxylic acids is 1. The van der Waals surface area contributed by atoms with Gasteiger partial charge in [0.2, 0.25) is 0 Å². The van der Waals surface area contributed by atoms with Gasteiger partial charge in [0.25, 0.3) is 0 Å². The van der Waals surface area contributed by atoms with E-state index in [2.05, 4.69) is 40.3 Å². The first-order valence-corrected chi connectivity index (χ1v) is 17.6. The molecular weight excluding hydrogens is 495 g/mol. The molecule has 2 radical (unpaired) electrons. The SMILES string of the molecule is CC(C)CCCCCC(S)C(=O)O.CCCCCCC[CH2][Sn][CH2]CCCCCCC. The third-order valence-corrected chi connectivity index (χ3v) is 9.97. The maximum atomic E-state index is 10.4. The van der Waals surface area contributed by atoms with E-state index in [-0.39, 0.29) is 21.1 Å². The van der Waals surface area contributed by atoms with Crippen molar-refractivity contribution in [1.29, 1.82) is 0 Å². The maximum absolute atomic E-state index is 10.4. The fraction of sp³-hybridized carbons (Fsp3) is 0.962. The molecule has 180 valence electrons. The van der Waals surface area contributed by atoms with Crippen LogP contribution in [0.15, 0.2) is 0 Å². The van der Waals surface area contributed by atoms with Gasteiger partial charge in [-0.3, -0.25) is 4.79 Å². The second-order valence-electron chi connectivity index (χ2n) is 9.17. The Kier molecular flexibility index (Phi) is 30.2. The average molecular weight is 549 g/mol. The molecule has 1 unspecified atom stereocenters. The Labute approximate surface area is 205 Å². The van der Waals surface area contributed by atoms with Gasteiger partial charge >= 0.3 is 127 Å². The summed E-state index contributed by atoms with van der Waals surface area (Å²) in [5, 5.41) is 8.08. The van der Waals surface area contributed by atoms with E-state index < -0.39 is 11.2 Å². The molecule has 4 heteroatoms. The van der Waals surface area contributed by atoms with Gasteiger partial charge in [-0.1, -0.05) is 39.5 Å². The van der Waals surface area contributed by atoms with Gasteiger partial charge in [-0.25, -0.2) is 0 Å². The molecular formula is C26H54O2SSn. The molecule has 0 aliphatic rings. The molecule has 2 nitrogen and oxygen atoms in total. The number of thiol groups is 1. The van der Waals surface area contributed by atoms with E-state index in [4.69, 9.17) is 5.11 Å². The van der Waals surface area contributed by atoms with E-state index in [9.17, 15) is 4.79 Å². The Morgan fingerprint density at radius 2 is 1.10 bits per heavy atom. The van der Waals surface area contributed by atoms with Gasteiger partial charge in [0.1, 0.15) is 0 Å². The summed E-state index contributed by atoms with van der Waals surface area (Å²) < 4.78 is 3.31. The summed E-state index contributed by atoms with van der Waals surface area (Å²) in [5.41, 5.74) is 0. The summed E-state index contributed by atoms with van der Waals surface area (Å²) in [6.45, 7) is 9.02. The summed E-state index contributed by atoms with van der Waals surface area (Å²) in [7, 11) is 0. The number of hydrogen-bond acceptors (Lipinski definition) is 2. The number of hydrogen-bond donors (Lipinski definition) is 2. The monoisotopic (exact) mass is 550 g/mol. The molecule has 0 saturated heterocycles. The molecule has 0 aromatic heterocycles. The normalized spacial score (nSPS) is 11.9.